The molecule has 0 spiro atoms. The Bertz CT molecular complexity index is 2070. The summed E-state index contributed by atoms with van der Waals surface area (Å²) in [6.07, 6.45) is -1.85. The highest BCUT2D eigenvalue weighted by atomic mass is 16.6. The summed E-state index contributed by atoms with van der Waals surface area (Å²) < 4.78 is 6.78. The predicted molar refractivity (Wildman–Crippen MR) is 409 cm³/mol. The van der Waals surface area contributed by atoms with Gasteiger partial charge in [-0.25, -0.2) is 4.68 Å². The topological polar surface area (TPSA) is 490 Å². The Morgan fingerprint density at radius 2 is 0.817 bits per heavy atom. The molecule has 626 valence electrons. The van der Waals surface area contributed by atoms with E-state index in [0.29, 0.717) is 76.0 Å². The lowest BCUT2D eigenvalue weighted by Crippen LogP contribution is -2.57. The Balaban J connectivity index is -0.000000588. The monoisotopic (exact) mass is 1510 g/mol. The zero-order valence-electron chi connectivity index (χ0n) is 67.7. The van der Waals surface area contributed by atoms with Crippen molar-refractivity contribution in [2.45, 2.75) is 375 Å². The second-order valence-corrected chi connectivity index (χ2v) is 31.5. The molecular formula is C76H161N7O21. The van der Waals surface area contributed by atoms with Gasteiger partial charge in [-0.05, 0) is 152 Å². The molecule has 28 nitrogen and oxygen atoms in total. The highest BCUT2D eigenvalue weighted by Crippen LogP contribution is 2.29. The zero-order valence-corrected chi connectivity index (χ0v) is 67.7. The average Bonchev–Trinajstić information content (AvgIpc) is 1.35. The third-order valence-corrected chi connectivity index (χ3v) is 17.8. The van der Waals surface area contributed by atoms with E-state index in [4.69, 9.17) is 14.9 Å². The zero-order chi connectivity index (χ0) is 80.8. The summed E-state index contributed by atoms with van der Waals surface area (Å²) in [4.78, 5) is 11.6. The number of aryl methyl sites for hydroxylation is 1. The molecule has 1 fully saturated rings. The molecule has 1 aliphatic heterocycles. The quantitative estimate of drug-likeness (QED) is 0.0417. The summed E-state index contributed by atoms with van der Waals surface area (Å²) >= 11 is 0. The van der Waals surface area contributed by atoms with Crippen LogP contribution in [0.15, 0.2) is 6.20 Å². The number of nitrogens with zero attached hydrogens (tertiary/aromatic N) is 3. The van der Waals surface area contributed by atoms with Gasteiger partial charge in [-0.1, -0.05) is 174 Å². The van der Waals surface area contributed by atoms with Gasteiger partial charge in [0.15, 0.2) is 12.0 Å². The fraction of sp³-hybridized carbons (Fsp3) is 0.961. The summed E-state index contributed by atoms with van der Waals surface area (Å²) in [5.41, 5.74) is 0.919. The van der Waals surface area contributed by atoms with Crippen molar-refractivity contribution in [2.24, 2.45) is 35.0 Å². The first-order valence-corrected chi connectivity index (χ1v) is 39.3. The normalized spacial score (nSPS) is 20.6. The lowest BCUT2D eigenvalue weighted by molar-refractivity contribution is -0.242. The minimum absolute atomic E-state index is 0.0518. The van der Waals surface area contributed by atoms with Gasteiger partial charge in [-0.2, -0.15) is 0 Å². The highest BCUT2D eigenvalue weighted by molar-refractivity contribution is 5.81. The molecule has 0 amide bonds. The van der Waals surface area contributed by atoms with E-state index in [-0.39, 0.29) is 12.0 Å². The van der Waals surface area contributed by atoms with Crippen molar-refractivity contribution >= 4 is 5.78 Å². The van der Waals surface area contributed by atoms with Gasteiger partial charge in [-0.15, -0.1) is 5.10 Å². The first kappa shape index (κ1) is 108. The van der Waals surface area contributed by atoms with Crippen LogP contribution < -0.4 is 21.3 Å². The maximum atomic E-state index is 11.6. The maximum Gasteiger partial charge on any atom is 0.181 e. The molecule has 28 heteroatoms. The molecule has 2 heterocycles. The van der Waals surface area contributed by atoms with Crippen LogP contribution in [-0.4, -0.2) is 293 Å². The van der Waals surface area contributed by atoms with Gasteiger partial charge in [0.05, 0.1) is 73.4 Å². The number of nitrogens with one attached hydrogen (secondary N) is 4. The van der Waals surface area contributed by atoms with Gasteiger partial charge in [0.25, 0.3) is 0 Å². The second kappa shape index (κ2) is 64.5. The standard InChI is InChI=1S/C18H31N3O5.C13H29NO6.C12H27NO3.C12H26O2.C11H25NO3.C10H23NO2/c1-11(2)8-6-4-5-7-9-13-10-21(20-19-13)18-16(25)14(23)15(24)17(26-18)12(3)22;1-13(2,3)4-5-14-6-8(16)10(18)12(20)11(19)9(17)7-15;1-4-10(14)12(16)11(15)6-8-13-7-5-9(2)3;1-4-11(13)12(14)9-7-5-6-8-10(2)3;1-4-9(13)11(15)10(14)7-12-6-5-8(2)3;1-4-9(12)10(13)7-11-6-5-8(2)3/h10-11,14-18,23-25H,4-9H2,1-3H3;8-12,14-20H,4-7H2,1-3H3;9-16H,4-8H2,1-3H3;10-14H,4-9H2,1-3H3;8-15H,4-7H2,1-3H3;8-13H,4-7H2,1-3H3. The van der Waals surface area contributed by atoms with E-state index < -0.39 is 135 Å². The van der Waals surface area contributed by atoms with Crippen molar-refractivity contribution in [3.05, 3.63) is 11.9 Å². The highest BCUT2D eigenvalue weighted by Gasteiger charge is 2.47. The van der Waals surface area contributed by atoms with Gasteiger partial charge in [0, 0.05) is 19.6 Å². The number of Topliss-reactive ketones (excluding diaryl/α,β-unsaturated/α-hetero) is 1. The van der Waals surface area contributed by atoms with Crippen LogP contribution in [-0.2, 0) is 16.0 Å². The molecule has 23 N–H and O–H groups in total. The molecular weight excluding hydrogens is 1350 g/mol. The summed E-state index contributed by atoms with van der Waals surface area (Å²) in [6.45, 7) is 40.7. The lowest BCUT2D eigenvalue weighted by Gasteiger charge is -2.39. The third-order valence-electron chi connectivity index (χ3n) is 17.8. The van der Waals surface area contributed by atoms with E-state index in [2.05, 4.69) is 122 Å². The summed E-state index contributed by atoms with van der Waals surface area (Å²) in [7, 11) is 0. The first-order chi connectivity index (χ1) is 48.5. The van der Waals surface area contributed by atoms with Crippen LogP contribution in [0.2, 0.25) is 0 Å². The van der Waals surface area contributed by atoms with E-state index in [1.165, 1.54) is 50.1 Å². The minimum Gasteiger partial charge on any atom is -0.394 e. The van der Waals surface area contributed by atoms with Crippen LogP contribution in [0.1, 0.15) is 259 Å². The van der Waals surface area contributed by atoms with Gasteiger partial charge in [-0.3, -0.25) is 4.79 Å². The largest absolute Gasteiger partial charge is 0.394 e. The molecule has 1 aliphatic rings. The van der Waals surface area contributed by atoms with Gasteiger partial charge in [0.1, 0.15) is 61.0 Å². The number of carbonyl (C=O) groups is 1. The molecule has 1 saturated heterocycles. The number of ketones is 1. The molecule has 0 saturated carbocycles. The smallest absolute Gasteiger partial charge is 0.181 e. The maximum absolute atomic E-state index is 11.6. The van der Waals surface area contributed by atoms with Crippen LogP contribution in [0.3, 0.4) is 0 Å². The number of unbranched alkanes of at least 4 members (excludes halogenated alkanes) is 5. The van der Waals surface area contributed by atoms with Crippen molar-refractivity contribution < 1.29 is 107 Å². The number of aliphatic hydroxyl groups is 19. The second-order valence-electron chi connectivity index (χ2n) is 31.5. The summed E-state index contributed by atoms with van der Waals surface area (Å²) in [6, 6.07) is 0. The minimum atomic E-state index is -1.74. The van der Waals surface area contributed by atoms with Crippen LogP contribution >= 0.6 is 0 Å². The molecule has 0 aliphatic carbocycles. The van der Waals surface area contributed by atoms with E-state index in [0.717, 1.165) is 95.0 Å². The van der Waals surface area contributed by atoms with E-state index in [1.54, 1.807) is 20.0 Å². The van der Waals surface area contributed by atoms with Crippen LogP contribution in [0.4, 0.5) is 0 Å². The van der Waals surface area contributed by atoms with E-state index in [9.17, 15) is 91.6 Å². The Morgan fingerprint density at radius 3 is 1.26 bits per heavy atom. The van der Waals surface area contributed by atoms with Gasteiger partial charge < -0.3 is 123 Å². The number of rotatable bonds is 50. The fourth-order valence-electron chi connectivity index (χ4n) is 10.1. The fourth-order valence-corrected chi connectivity index (χ4v) is 10.1. The van der Waals surface area contributed by atoms with Crippen molar-refractivity contribution in [1.29, 1.82) is 0 Å². The lowest BCUT2D eigenvalue weighted by atomic mass is 9.92. The first-order valence-electron chi connectivity index (χ1n) is 39.3. The number of hydrogen-bond acceptors (Lipinski definition) is 27. The molecule has 0 bridgehead atoms. The Morgan fingerprint density at radius 1 is 0.433 bits per heavy atom. The number of aromatic nitrogens is 3. The number of ether oxygens (including phenoxy) is 1. The van der Waals surface area contributed by atoms with Crippen LogP contribution in [0, 0.1) is 35.0 Å². The van der Waals surface area contributed by atoms with Gasteiger partial charge in [0.2, 0.25) is 0 Å². The molecule has 2 rings (SSSR count). The van der Waals surface area contributed by atoms with Crippen molar-refractivity contribution in [3.63, 3.8) is 0 Å². The van der Waals surface area contributed by atoms with E-state index >= 15 is 0 Å². The van der Waals surface area contributed by atoms with Crippen molar-refractivity contribution in [3.8, 4) is 0 Å². The summed E-state index contributed by atoms with van der Waals surface area (Å²) in [5.74, 6) is 3.08. The molecule has 0 radical (unpaired) electrons. The van der Waals surface area contributed by atoms with Crippen LogP contribution in [0.5, 0.6) is 0 Å². The van der Waals surface area contributed by atoms with Gasteiger partial charge >= 0.3 is 0 Å². The van der Waals surface area contributed by atoms with Crippen LogP contribution in [0.25, 0.3) is 0 Å². The number of carbonyl (C=O) groups excluding carboxylic acids is 1. The SMILES string of the molecule is CC(=O)C1OC(n2cc(CCCCCCC(C)C)nn2)C(O)C(O)C1O.CC(C)(C)CCNCC(O)C(O)C(O)C(O)C(O)CO.CCC(O)C(O)C(O)CCNCCC(C)C.CCC(O)C(O)C(O)CNCCC(C)C.CCC(O)C(O)CCCCCC(C)C.CCC(O)C(O)CNCCC(C)C. The third kappa shape index (κ3) is 56.1. The molecule has 20 atom stereocenters. The van der Waals surface area contributed by atoms with E-state index in [1.807, 2.05) is 13.8 Å². The predicted octanol–water partition coefficient (Wildman–Crippen LogP) is 2.90. The average molecular weight is 1510 g/mol. The molecule has 1 aromatic rings. The Kier molecular flexibility index (Phi) is 67.1. The number of aliphatic hydroxyl groups excluding tert-OH is 19. The number of hydrogen-bond donors (Lipinski definition) is 23. The summed E-state index contributed by atoms with van der Waals surface area (Å²) in [5, 5.41) is 201. The molecule has 104 heavy (non-hydrogen) atoms. The van der Waals surface area contributed by atoms with Crippen molar-refractivity contribution in [2.75, 3.05) is 59.0 Å². The van der Waals surface area contributed by atoms with Crippen molar-refractivity contribution in [1.82, 2.24) is 36.3 Å². The molecule has 1 aromatic heterocycles. The Hall–Kier alpha value is -2.15. The molecule has 0 aromatic carbocycles. The Labute approximate surface area is 627 Å². The molecule has 20 unspecified atom stereocenters.